The van der Waals surface area contributed by atoms with Crippen LogP contribution in [-0.2, 0) is 0 Å². The lowest BCUT2D eigenvalue weighted by Crippen LogP contribution is -2.09. The third-order valence-corrected chi connectivity index (χ3v) is 3.19. The molecule has 0 aromatic heterocycles. The number of nitrogens with one attached hydrogen (secondary N) is 1. The maximum atomic E-state index is 13.6. The first-order valence-electron chi connectivity index (χ1n) is 4.84. The van der Waals surface area contributed by atoms with Crippen LogP contribution in [0.25, 0.3) is 0 Å². The van der Waals surface area contributed by atoms with Crippen LogP contribution in [-0.4, -0.2) is 13.1 Å². The van der Waals surface area contributed by atoms with E-state index in [4.69, 9.17) is 11.6 Å². The minimum Gasteiger partial charge on any atom is -0.316 e. The van der Waals surface area contributed by atoms with Gasteiger partial charge in [-0.1, -0.05) is 11.6 Å². The lowest BCUT2D eigenvalue weighted by atomic mass is 9.97. The maximum absolute atomic E-state index is 13.6. The summed E-state index contributed by atoms with van der Waals surface area (Å²) < 4.78 is 13.6. The van der Waals surface area contributed by atoms with Gasteiger partial charge >= 0.3 is 0 Å². The van der Waals surface area contributed by atoms with Crippen molar-refractivity contribution in [1.29, 1.82) is 0 Å². The van der Waals surface area contributed by atoms with Crippen LogP contribution in [0.4, 0.5) is 4.39 Å². The average molecular weight is 214 g/mol. The molecule has 1 saturated heterocycles. The van der Waals surface area contributed by atoms with Gasteiger partial charge < -0.3 is 5.32 Å². The second-order valence-electron chi connectivity index (χ2n) is 3.81. The van der Waals surface area contributed by atoms with Crippen molar-refractivity contribution >= 4 is 11.6 Å². The number of halogens is 2. The molecule has 14 heavy (non-hydrogen) atoms. The van der Waals surface area contributed by atoms with Gasteiger partial charge in [-0.3, -0.25) is 0 Å². The summed E-state index contributed by atoms with van der Waals surface area (Å²) in [7, 11) is 0. The fourth-order valence-electron chi connectivity index (χ4n) is 1.89. The molecule has 1 fully saturated rings. The Hall–Kier alpha value is -0.600. The number of rotatable bonds is 1. The SMILES string of the molecule is Cc1cc(F)c(C2CCNC2)cc1Cl. The van der Waals surface area contributed by atoms with Crippen molar-refractivity contribution in [3.05, 3.63) is 34.1 Å². The van der Waals surface area contributed by atoms with E-state index in [1.165, 1.54) is 6.07 Å². The molecule has 1 aliphatic rings. The fraction of sp³-hybridized carbons (Fsp3) is 0.455. The van der Waals surface area contributed by atoms with Crippen LogP contribution in [0.15, 0.2) is 12.1 Å². The molecule has 0 aliphatic carbocycles. The molecule has 0 spiro atoms. The highest BCUT2D eigenvalue weighted by Crippen LogP contribution is 2.29. The number of benzene rings is 1. The first-order chi connectivity index (χ1) is 6.68. The molecular formula is C11H13ClFN. The van der Waals surface area contributed by atoms with Crippen molar-refractivity contribution in [2.75, 3.05) is 13.1 Å². The third-order valence-electron chi connectivity index (χ3n) is 2.78. The average Bonchev–Trinajstić information content (AvgIpc) is 2.64. The van der Waals surface area contributed by atoms with E-state index in [2.05, 4.69) is 5.32 Å². The molecule has 3 heteroatoms. The Kier molecular flexibility index (Phi) is 2.75. The highest BCUT2D eigenvalue weighted by Gasteiger charge is 2.20. The summed E-state index contributed by atoms with van der Waals surface area (Å²) in [5.41, 5.74) is 1.56. The van der Waals surface area contributed by atoms with Gasteiger partial charge in [0.1, 0.15) is 5.82 Å². The van der Waals surface area contributed by atoms with Gasteiger partial charge in [-0.25, -0.2) is 4.39 Å². The molecule has 1 aromatic carbocycles. The zero-order chi connectivity index (χ0) is 10.1. The fourth-order valence-corrected chi connectivity index (χ4v) is 2.07. The Morgan fingerprint density at radius 1 is 1.50 bits per heavy atom. The van der Waals surface area contributed by atoms with Crippen LogP contribution in [0.2, 0.25) is 5.02 Å². The third kappa shape index (κ3) is 1.77. The summed E-state index contributed by atoms with van der Waals surface area (Å²) in [6, 6.07) is 3.29. The molecule has 0 radical (unpaired) electrons. The van der Waals surface area contributed by atoms with E-state index in [-0.39, 0.29) is 11.7 Å². The first kappa shape index (κ1) is 9.94. The molecule has 1 aliphatic heterocycles. The molecule has 1 heterocycles. The van der Waals surface area contributed by atoms with E-state index in [0.29, 0.717) is 5.02 Å². The van der Waals surface area contributed by atoms with Gasteiger partial charge in [0.15, 0.2) is 0 Å². The molecular weight excluding hydrogens is 201 g/mol. The second-order valence-corrected chi connectivity index (χ2v) is 4.22. The van der Waals surface area contributed by atoms with Crippen LogP contribution < -0.4 is 5.32 Å². The summed E-state index contributed by atoms with van der Waals surface area (Å²) in [4.78, 5) is 0. The number of aryl methyl sites for hydroxylation is 1. The topological polar surface area (TPSA) is 12.0 Å². The monoisotopic (exact) mass is 213 g/mol. The van der Waals surface area contributed by atoms with Gasteiger partial charge in [-0.2, -0.15) is 0 Å². The highest BCUT2D eigenvalue weighted by molar-refractivity contribution is 6.31. The Bertz CT molecular complexity index is 345. The minimum absolute atomic E-state index is 0.124. The molecule has 76 valence electrons. The Morgan fingerprint density at radius 2 is 2.29 bits per heavy atom. The van der Waals surface area contributed by atoms with E-state index in [1.54, 1.807) is 6.07 Å². The van der Waals surface area contributed by atoms with Gasteiger partial charge in [0, 0.05) is 17.5 Å². The summed E-state index contributed by atoms with van der Waals surface area (Å²) in [6.07, 6.45) is 0.996. The predicted molar refractivity (Wildman–Crippen MR) is 56.4 cm³/mol. The summed E-state index contributed by atoms with van der Waals surface area (Å²) in [6.45, 7) is 3.65. The van der Waals surface area contributed by atoms with Crippen molar-refractivity contribution in [3.8, 4) is 0 Å². The molecule has 2 rings (SSSR count). The first-order valence-corrected chi connectivity index (χ1v) is 5.22. The standard InChI is InChI=1S/C11H13ClFN/c1-7-4-11(13)9(5-10(7)12)8-2-3-14-6-8/h4-5,8,14H,2-3,6H2,1H3. The van der Waals surface area contributed by atoms with Crippen molar-refractivity contribution < 1.29 is 4.39 Å². The quantitative estimate of drug-likeness (QED) is 0.757. The molecule has 0 bridgehead atoms. The predicted octanol–water partition coefficient (Wildman–Crippen LogP) is 2.86. The van der Waals surface area contributed by atoms with Crippen LogP contribution in [0.5, 0.6) is 0 Å². The number of hydrogen-bond acceptors (Lipinski definition) is 1. The smallest absolute Gasteiger partial charge is 0.127 e. The lowest BCUT2D eigenvalue weighted by molar-refractivity contribution is 0.587. The van der Waals surface area contributed by atoms with E-state index in [0.717, 1.165) is 30.6 Å². The molecule has 1 N–H and O–H groups in total. The normalized spacial score (nSPS) is 21.5. The van der Waals surface area contributed by atoms with E-state index >= 15 is 0 Å². The lowest BCUT2D eigenvalue weighted by Gasteiger charge is -2.11. The van der Waals surface area contributed by atoms with Crippen LogP contribution in [0, 0.1) is 12.7 Å². The van der Waals surface area contributed by atoms with Crippen molar-refractivity contribution in [1.82, 2.24) is 5.32 Å². The molecule has 0 saturated carbocycles. The van der Waals surface area contributed by atoms with E-state index in [1.807, 2.05) is 6.92 Å². The van der Waals surface area contributed by atoms with Gasteiger partial charge in [0.25, 0.3) is 0 Å². The van der Waals surface area contributed by atoms with Gasteiger partial charge in [0.2, 0.25) is 0 Å². The summed E-state index contributed by atoms with van der Waals surface area (Å²) >= 11 is 5.98. The van der Waals surface area contributed by atoms with Crippen LogP contribution in [0.3, 0.4) is 0 Å². The summed E-state index contributed by atoms with van der Waals surface area (Å²) in [5.74, 6) is 0.161. The molecule has 1 nitrogen and oxygen atoms in total. The van der Waals surface area contributed by atoms with E-state index < -0.39 is 0 Å². The Balaban J connectivity index is 2.37. The van der Waals surface area contributed by atoms with Crippen LogP contribution in [0.1, 0.15) is 23.5 Å². The van der Waals surface area contributed by atoms with Crippen molar-refractivity contribution in [2.24, 2.45) is 0 Å². The highest BCUT2D eigenvalue weighted by atomic mass is 35.5. The molecule has 0 amide bonds. The Labute approximate surface area is 88.3 Å². The largest absolute Gasteiger partial charge is 0.316 e. The van der Waals surface area contributed by atoms with Crippen LogP contribution >= 0.6 is 11.6 Å². The summed E-state index contributed by atoms with van der Waals surface area (Å²) in [5, 5.41) is 3.88. The van der Waals surface area contributed by atoms with Gasteiger partial charge in [0.05, 0.1) is 0 Å². The Morgan fingerprint density at radius 3 is 2.93 bits per heavy atom. The van der Waals surface area contributed by atoms with Gasteiger partial charge in [-0.05, 0) is 43.1 Å². The minimum atomic E-state index is -0.124. The molecule has 1 atom stereocenters. The van der Waals surface area contributed by atoms with Crippen molar-refractivity contribution in [3.63, 3.8) is 0 Å². The number of hydrogen-bond donors (Lipinski definition) is 1. The molecule has 1 aromatic rings. The molecule has 1 unspecified atom stereocenters. The maximum Gasteiger partial charge on any atom is 0.127 e. The second kappa shape index (κ2) is 3.87. The zero-order valence-corrected chi connectivity index (χ0v) is 8.87. The zero-order valence-electron chi connectivity index (χ0n) is 8.11. The van der Waals surface area contributed by atoms with Gasteiger partial charge in [-0.15, -0.1) is 0 Å². The van der Waals surface area contributed by atoms with E-state index in [9.17, 15) is 4.39 Å². The van der Waals surface area contributed by atoms with Crippen molar-refractivity contribution in [2.45, 2.75) is 19.3 Å².